The molecule has 0 saturated heterocycles. The van der Waals surface area contributed by atoms with Crippen molar-refractivity contribution >= 4 is 13.4 Å². The maximum Gasteiger partial charge on any atom is 0.416 e. The van der Waals surface area contributed by atoms with Crippen molar-refractivity contribution in [3.05, 3.63) is 95.0 Å². The number of aromatic amines is 1. The molecule has 1 aromatic heterocycles. The number of hydrogen-bond donors (Lipinski definition) is 1. The van der Waals surface area contributed by atoms with Crippen LogP contribution in [-0.2, 0) is 17.8 Å². The average molecular weight is 452 g/mol. The Morgan fingerprint density at radius 1 is 0.844 bits per heavy atom. The van der Waals surface area contributed by atoms with Gasteiger partial charge in [0.25, 0.3) is 0 Å². The molecule has 1 heterocycles. The molecule has 1 N–H and O–H groups in total. The third-order valence-electron chi connectivity index (χ3n) is 4.60. The highest BCUT2D eigenvalue weighted by atomic mass is 19.4. The fourth-order valence-electron chi connectivity index (χ4n) is 2.89. The Morgan fingerprint density at radius 2 is 1.31 bits per heavy atom. The average Bonchev–Trinajstić information content (AvgIpc) is 3.24. The molecular formula is C23H23BF6N2. The molecule has 0 atom stereocenters. The summed E-state index contributed by atoms with van der Waals surface area (Å²) < 4.78 is 76.7. The van der Waals surface area contributed by atoms with Gasteiger partial charge in [0.2, 0.25) is 0 Å². The number of nitrogens with zero attached hydrogens (tertiary/aromatic N) is 1. The first-order valence-electron chi connectivity index (χ1n) is 9.74. The maximum atomic E-state index is 12.8. The van der Waals surface area contributed by atoms with Gasteiger partial charge in [0.05, 0.1) is 17.5 Å². The van der Waals surface area contributed by atoms with Crippen molar-refractivity contribution in [3.8, 4) is 0 Å². The van der Waals surface area contributed by atoms with Crippen LogP contribution in [0.25, 0.3) is 5.57 Å². The maximum absolute atomic E-state index is 12.8. The SMILES string of the molecule is BC=C(c1cccc(C(F)(F)F)c1)c1cccc(C(F)(F)F)c1.CC(C)(C)c1cnc[nH]1. The van der Waals surface area contributed by atoms with Crippen molar-refractivity contribution in [2.75, 3.05) is 0 Å². The lowest BCUT2D eigenvalue weighted by Crippen LogP contribution is -2.10. The van der Waals surface area contributed by atoms with Gasteiger partial charge < -0.3 is 4.98 Å². The molecule has 3 rings (SSSR count). The number of hydrogen-bond acceptors (Lipinski definition) is 1. The van der Waals surface area contributed by atoms with Crippen LogP contribution in [-0.4, -0.2) is 17.8 Å². The normalized spacial score (nSPS) is 12.0. The summed E-state index contributed by atoms with van der Waals surface area (Å²) in [4.78, 5) is 7.00. The van der Waals surface area contributed by atoms with Crippen LogP contribution in [0.3, 0.4) is 0 Å². The van der Waals surface area contributed by atoms with Crippen molar-refractivity contribution in [2.45, 2.75) is 38.5 Å². The lowest BCUT2D eigenvalue weighted by Gasteiger charge is -2.14. The number of nitrogens with one attached hydrogen (secondary N) is 1. The molecule has 170 valence electrons. The molecule has 0 bridgehead atoms. The van der Waals surface area contributed by atoms with Crippen LogP contribution in [0.15, 0.2) is 67.0 Å². The summed E-state index contributed by atoms with van der Waals surface area (Å²) in [6.07, 6.45) is -5.45. The molecule has 0 radical (unpaired) electrons. The molecular weight excluding hydrogens is 429 g/mol. The zero-order valence-electron chi connectivity index (χ0n) is 18.1. The lowest BCUT2D eigenvalue weighted by molar-refractivity contribution is -0.138. The first kappa shape index (κ1) is 25.3. The molecule has 0 spiro atoms. The Bertz CT molecular complexity index is 986. The highest BCUT2D eigenvalue weighted by Crippen LogP contribution is 2.35. The molecule has 0 aliphatic rings. The van der Waals surface area contributed by atoms with Gasteiger partial charge in [-0.3, -0.25) is 0 Å². The van der Waals surface area contributed by atoms with E-state index in [0.717, 1.165) is 24.3 Å². The smallest absolute Gasteiger partial charge is 0.348 e. The minimum absolute atomic E-state index is 0.205. The summed E-state index contributed by atoms with van der Waals surface area (Å²) in [5, 5.41) is 0. The molecule has 0 saturated carbocycles. The number of H-pyrrole nitrogens is 1. The summed E-state index contributed by atoms with van der Waals surface area (Å²) in [6.45, 7) is 6.46. The summed E-state index contributed by atoms with van der Waals surface area (Å²) in [5.41, 5.74) is 0.423. The van der Waals surface area contributed by atoms with Crippen molar-refractivity contribution in [1.82, 2.24) is 9.97 Å². The Labute approximate surface area is 183 Å². The van der Waals surface area contributed by atoms with E-state index in [1.807, 2.05) is 6.20 Å². The quantitative estimate of drug-likeness (QED) is 0.351. The number of benzene rings is 2. The predicted octanol–water partition coefficient (Wildman–Crippen LogP) is 6.45. The third kappa shape index (κ3) is 6.77. The van der Waals surface area contributed by atoms with Gasteiger partial charge in [-0.1, -0.05) is 45.0 Å². The lowest BCUT2D eigenvalue weighted by atomic mass is 9.90. The monoisotopic (exact) mass is 452 g/mol. The molecule has 9 heteroatoms. The molecule has 2 aromatic carbocycles. The van der Waals surface area contributed by atoms with Crippen LogP contribution in [0.2, 0.25) is 0 Å². The summed E-state index contributed by atoms with van der Waals surface area (Å²) in [5.74, 6) is 1.49. The molecule has 0 amide bonds. The minimum Gasteiger partial charge on any atom is -0.348 e. The van der Waals surface area contributed by atoms with E-state index in [4.69, 9.17) is 0 Å². The van der Waals surface area contributed by atoms with Crippen LogP contribution >= 0.6 is 0 Å². The topological polar surface area (TPSA) is 28.7 Å². The number of alkyl halides is 6. The number of rotatable bonds is 2. The van der Waals surface area contributed by atoms with Crippen LogP contribution in [0.5, 0.6) is 0 Å². The second kappa shape index (κ2) is 9.67. The second-order valence-electron chi connectivity index (χ2n) is 8.07. The van der Waals surface area contributed by atoms with Crippen molar-refractivity contribution in [1.29, 1.82) is 0 Å². The Balaban J connectivity index is 0.000000336. The first-order valence-corrected chi connectivity index (χ1v) is 9.74. The van der Waals surface area contributed by atoms with Gasteiger partial charge in [-0.2, -0.15) is 26.3 Å². The van der Waals surface area contributed by atoms with Crippen molar-refractivity contribution in [3.63, 3.8) is 0 Å². The largest absolute Gasteiger partial charge is 0.416 e. The summed E-state index contributed by atoms with van der Waals surface area (Å²) in [7, 11) is 1.57. The van der Waals surface area contributed by atoms with E-state index in [1.54, 1.807) is 14.2 Å². The van der Waals surface area contributed by atoms with Gasteiger partial charge in [0.1, 0.15) is 7.85 Å². The highest BCUT2D eigenvalue weighted by Gasteiger charge is 2.32. The Kier molecular flexibility index (Phi) is 7.64. The van der Waals surface area contributed by atoms with Crippen molar-refractivity contribution < 1.29 is 26.3 Å². The van der Waals surface area contributed by atoms with Gasteiger partial charge in [0.15, 0.2) is 0 Å². The van der Waals surface area contributed by atoms with E-state index in [0.29, 0.717) is 5.57 Å². The third-order valence-corrected chi connectivity index (χ3v) is 4.60. The van der Waals surface area contributed by atoms with Crippen LogP contribution in [0.4, 0.5) is 26.3 Å². The molecule has 0 unspecified atom stereocenters. The van der Waals surface area contributed by atoms with E-state index < -0.39 is 23.5 Å². The number of imidazole rings is 1. The fourth-order valence-corrected chi connectivity index (χ4v) is 2.89. The van der Waals surface area contributed by atoms with Gasteiger partial charge >= 0.3 is 12.4 Å². The van der Waals surface area contributed by atoms with Crippen LogP contribution in [0.1, 0.15) is 48.7 Å². The van der Waals surface area contributed by atoms with Gasteiger partial charge in [0, 0.05) is 17.3 Å². The highest BCUT2D eigenvalue weighted by molar-refractivity contribution is 6.21. The second-order valence-corrected chi connectivity index (χ2v) is 8.07. The van der Waals surface area contributed by atoms with E-state index in [-0.39, 0.29) is 16.5 Å². The van der Waals surface area contributed by atoms with Crippen LogP contribution in [0, 0.1) is 0 Å². The first-order chi connectivity index (χ1) is 14.7. The van der Waals surface area contributed by atoms with E-state index in [1.165, 1.54) is 35.9 Å². The molecule has 0 aliphatic heterocycles. The summed E-state index contributed by atoms with van der Waals surface area (Å²) in [6, 6.07) is 9.03. The van der Waals surface area contributed by atoms with E-state index in [9.17, 15) is 26.3 Å². The number of aromatic nitrogens is 2. The number of halogens is 6. The van der Waals surface area contributed by atoms with Gasteiger partial charge in [-0.05, 0) is 41.0 Å². The minimum atomic E-state index is -4.51. The summed E-state index contributed by atoms with van der Waals surface area (Å²) >= 11 is 0. The Hall–Kier alpha value is -2.97. The van der Waals surface area contributed by atoms with E-state index in [2.05, 4.69) is 30.7 Å². The Morgan fingerprint density at radius 3 is 1.59 bits per heavy atom. The molecule has 2 nitrogen and oxygen atoms in total. The zero-order valence-corrected chi connectivity index (χ0v) is 18.1. The molecule has 32 heavy (non-hydrogen) atoms. The van der Waals surface area contributed by atoms with Gasteiger partial charge in [-0.25, -0.2) is 4.98 Å². The van der Waals surface area contributed by atoms with E-state index >= 15 is 0 Å². The predicted molar refractivity (Wildman–Crippen MR) is 116 cm³/mol. The molecule has 3 aromatic rings. The van der Waals surface area contributed by atoms with Crippen molar-refractivity contribution in [2.24, 2.45) is 0 Å². The van der Waals surface area contributed by atoms with Gasteiger partial charge in [-0.15, -0.1) is 5.98 Å². The molecule has 0 fully saturated rings. The van der Waals surface area contributed by atoms with Crippen LogP contribution < -0.4 is 0 Å². The fraction of sp³-hybridized carbons (Fsp3) is 0.261. The standard InChI is InChI=1S/C16H11BF6.C7H12N2/c17-9-14(10-3-1-5-12(7-10)15(18,19)20)11-4-2-6-13(8-11)16(21,22)23;1-7(2,3)6-4-8-5-9-6/h1-9H,17H2;4-5H,1-3H3,(H,8,9). The molecule has 0 aliphatic carbocycles. The zero-order chi connectivity index (χ0) is 24.2.